The maximum Gasteiger partial charge on any atom is 0.329 e. The number of amides is 2. The highest BCUT2D eigenvalue weighted by Crippen LogP contribution is 2.21. The van der Waals surface area contributed by atoms with Gasteiger partial charge >= 0.3 is 11.8 Å². The average Bonchev–Trinajstić information content (AvgIpc) is 3.00. The molecular formula is C14H16BrN3O3. The second kappa shape index (κ2) is 7.21. The zero-order valence-electron chi connectivity index (χ0n) is 11.6. The van der Waals surface area contributed by atoms with Gasteiger partial charge in [0, 0.05) is 23.1 Å². The fourth-order valence-electron chi connectivity index (χ4n) is 2.08. The SMILES string of the molecule is COc1ccc(Br)cc1/C=N/NC(=O)C(=O)N1CCCC1. The van der Waals surface area contributed by atoms with Crippen molar-refractivity contribution in [2.75, 3.05) is 20.2 Å². The Morgan fingerprint density at radius 1 is 1.38 bits per heavy atom. The van der Waals surface area contributed by atoms with E-state index in [-0.39, 0.29) is 0 Å². The average molecular weight is 354 g/mol. The zero-order chi connectivity index (χ0) is 15.2. The van der Waals surface area contributed by atoms with Crippen LogP contribution in [0.5, 0.6) is 5.75 Å². The van der Waals surface area contributed by atoms with Gasteiger partial charge < -0.3 is 9.64 Å². The molecule has 0 aromatic heterocycles. The molecule has 0 saturated carbocycles. The summed E-state index contributed by atoms with van der Waals surface area (Å²) in [5.74, 6) is -0.630. The third kappa shape index (κ3) is 4.04. The standard InChI is InChI=1S/C14H16BrN3O3/c1-21-12-5-4-11(15)8-10(12)9-16-17-13(19)14(20)18-6-2-3-7-18/h4-5,8-9H,2-3,6-7H2,1H3,(H,17,19)/b16-9+. The quantitative estimate of drug-likeness (QED) is 0.508. The van der Waals surface area contributed by atoms with Crippen molar-refractivity contribution in [2.45, 2.75) is 12.8 Å². The summed E-state index contributed by atoms with van der Waals surface area (Å²) < 4.78 is 6.05. The lowest BCUT2D eigenvalue weighted by molar-refractivity contribution is -0.145. The van der Waals surface area contributed by atoms with Crippen molar-refractivity contribution < 1.29 is 14.3 Å². The molecule has 1 N–H and O–H groups in total. The van der Waals surface area contributed by atoms with Gasteiger partial charge in [-0.05, 0) is 31.0 Å². The first-order chi connectivity index (χ1) is 10.1. The van der Waals surface area contributed by atoms with E-state index in [0.29, 0.717) is 24.4 Å². The number of hydrazone groups is 1. The van der Waals surface area contributed by atoms with Crippen LogP contribution < -0.4 is 10.2 Å². The molecule has 1 saturated heterocycles. The lowest BCUT2D eigenvalue weighted by atomic mass is 10.2. The Morgan fingerprint density at radius 3 is 2.76 bits per heavy atom. The number of ether oxygens (including phenoxy) is 1. The van der Waals surface area contributed by atoms with Gasteiger partial charge in [-0.1, -0.05) is 15.9 Å². The summed E-state index contributed by atoms with van der Waals surface area (Å²) in [4.78, 5) is 25.0. The highest BCUT2D eigenvalue weighted by molar-refractivity contribution is 9.10. The third-order valence-electron chi connectivity index (χ3n) is 3.15. The molecule has 0 bridgehead atoms. The van der Waals surface area contributed by atoms with Crippen LogP contribution in [0.2, 0.25) is 0 Å². The first kappa shape index (κ1) is 15.5. The van der Waals surface area contributed by atoms with Gasteiger partial charge in [-0.3, -0.25) is 9.59 Å². The first-order valence-corrected chi connectivity index (χ1v) is 7.37. The Balaban J connectivity index is 1.97. The van der Waals surface area contributed by atoms with Gasteiger partial charge in [0.25, 0.3) is 0 Å². The molecule has 21 heavy (non-hydrogen) atoms. The summed E-state index contributed by atoms with van der Waals surface area (Å²) in [6.45, 7) is 1.27. The second-order valence-corrected chi connectivity index (χ2v) is 5.50. The van der Waals surface area contributed by atoms with E-state index in [9.17, 15) is 9.59 Å². The molecule has 0 radical (unpaired) electrons. The lowest BCUT2D eigenvalue weighted by Crippen LogP contribution is -2.39. The van der Waals surface area contributed by atoms with Crippen LogP contribution in [0.4, 0.5) is 0 Å². The zero-order valence-corrected chi connectivity index (χ0v) is 13.2. The van der Waals surface area contributed by atoms with Gasteiger partial charge in [0.1, 0.15) is 5.75 Å². The minimum atomic E-state index is -0.720. The third-order valence-corrected chi connectivity index (χ3v) is 3.64. The number of carbonyl (C=O) groups is 2. The van der Waals surface area contributed by atoms with E-state index in [4.69, 9.17) is 4.74 Å². The Kier molecular flexibility index (Phi) is 5.32. The molecule has 1 aliphatic heterocycles. The Bertz CT molecular complexity index is 569. The normalized spacial score (nSPS) is 14.5. The predicted molar refractivity (Wildman–Crippen MR) is 82.2 cm³/mol. The molecule has 0 aliphatic carbocycles. The van der Waals surface area contributed by atoms with Crippen molar-refractivity contribution in [1.29, 1.82) is 0 Å². The van der Waals surface area contributed by atoms with Crippen LogP contribution >= 0.6 is 15.9 Å². The number of nitrogens with one attached hydrogen (secondary N) is 1. The number of hydrogen-bond donors (Lipinski definition) is 1. The smallest absolute Gasteiger partial charge is 0.329 e. The fraction of sp³-hybridized carbons (Fsp3) is 0.357. The minimum absolute atomic E-state index is 0.536. The largest absolute Gasteiger partial charge is 0.496 e. The molecule has 2 rings (SSSR count). The molecule has 6 nitrogen and oxygen atoms in total. The summed E-state index contributed by atoms with van der Waals surface area (Å²) in [5.41, 5.74) is 2.94. The predicted octanol–water partition coefficient (Wildman–Crippen LogP) is 1.53. The number of rotatable bonds is 3. The molecule has 0 unspecified atom stereocenters. The van der Waals surface area contributed by atoms with E-state index in [1.165, 1.54) is 11.1 Å². The number of benzene rings is 1. The summed E-state index contributed by atoms with van der Waals surface area (Å²) >= 11 is 3.35. The van der Waals surface area contributed by atoms with Crippen molar-refractivity contribution in [3.63, 3.8) is 0 Å². The van der Waals surface area contributed by atoms with Crippen LogP contribution in [0, 0.1) is 0 Å². The van der Waals surface area contributed by atoms with Gasteiger partial charge in [-0.25, -0.2) is 5.43 Å². The lowest BCUT2D eigenvalue weighted by Gasteiger charge is -2.12. The van der Waals surface area contributed by atoms with Crippen molar-refractivity contribution in [3.05, 3.63) is 28.2 Å². The summed E-state index contributed by atoms with van der Waals surface area (Å²) in [7, 11) is 1.55. The van der Waals surface area contributed by atoms with Crippen molar-refractivity contribution in [3.8, 4) is 5.75 Å². The Hall–Kier alpha value is -1.89. The van der Waals surface area contributed by atoms with E-state index < -0.39 is 11.8 Å². The molecule has 0 atom stereocenters. The molecule has 2 amide bonds. The van der Waals surface area contributed by atoms with Crippen molar-refractivity contribution in [1.82, 2.24) is 10.3 Å². The molecule has 1 aromatic carbocycles. The molecule has 1 heterocycles. The van der Waals surface area contributed by atoms with E-state index in [1.807, 2.05) is 6.07 Å². The van der Waals surface area contributed by atoms with Crippen LogP contribution in [0.1, 0.15) is 18.4 Å². The number of hydrogen-bond acceptors (Lipinski definition) is 4. The fourth-order valence-corrected chi connectivity index (χ4v) is 2.46. The summed E-state index contributed by atoms with van der Waals surface area (Å²) in [6.07, 6.45) is 3.33. The van der Waals surface area contributed by atoms with Gasteiger partial charge in [0.05, 0.1) is 13.3 Å². The number of halogens is 1. The van der Waals surface area contributed by atoms with E-state index >= 15 is 0 Å². The Labute approximate surface area is 131 Å². The first-order valence-electron chi connectivity index (χ1n) is 6.57. The molecular weight excluding hydrogens is 338 g/mol. The van der Waals surface area contributed by atoms with Crippen molar-refractivity contribution >= 4 is 34.0 Å². The number of carbonyl (C=O) groups excluding carboxylic acids is 2. The van der Waals surface area contributed by atoms with Crippen LogP contribution in [0.25, 0.3) is 0 Å². The van der Waals surface area contributed by atoms with E-state index in [2.05, 4.69) is 26.5 Å². The molecule has 7 heteroatoms. The van der Waals surface area contributed by atoms with Gasteiger partial charge in [-0.15, -0.1) is 0 Å². The summed E-state index contributed by atoms with van der Waals surface area (Å²) in [5, 5.41) is 3.81. The van der Waals surface area contributed by atoms with Gasteiger partial charge in [-0.2, -0.15) is 5.10 Å². The molecule has 112 valence electrons. The maximum absolute atomic E-state index is 11.8. The molecule has 0 spiro atoms. The second-order valence-electron chi connectivity index (χ2n) is 4.58. The van der Waals surface area contributed by atoms with E-state index in [1.54, 1.807) is 19.2 Å². The number of methoxy groups -OCH3 is 1. The van der Waals surface area contributed by atoms with Crippen LogP contribution in [-0.2, 0) is 9.59 Å². The van der Waals surface area contributed by atoms with Crippen LogP contribution in [0.15, 0.2) is 27.8 Å². The Morgan fingerprint density at radius 2 is 2.10 bits per heavy atom. The van der Waals surface area contributed by atoms with Gasteiger partial charge in [0.2, 0.25) is 0 Å². The number of nitrogens with zero attached hydrogens (tertiary/aromatic N) is 2. The molecule has 1 fully saturated rings. The molecule has 1 aliphatic rings. The number of likely N-dealkylation sites (tertiary alicyclic amines) is 1. The van der Waals surface area contributed by atoms with Gasteiger partial charge in [0.15, 0.2) is 0 Å². The minimum Gasteiger partial charge on any atom is -0.496 e. The summed E-state index contributed by atoms with van der Waals surface area (Å²) in [6, 6.07) is 5.42. The van der Waals surface area contributed by atoms with Crippen LogP contribution in [-0.4, -0.2) is 43.1 Å². The van der Waals surface area contributed by atoms with Crippen LogP contribution in [0.3, 0.4) is 0 Å². The highest BCUT2D eigenvalue weighted by Gasteiger charge is 2.23. The van der Waals surface area contributed by atoms with E-state index in [0.717, 1.165) is 17.3 Å². The highest BCUT2D eigenvalue weighted by atomic mass is 79.9. The monoisotopic (exact) mass is 353 g/mol. The van der Waals surface area contributed by atoms with Crippen molar-refractivity contribution in [2.24, 2.45) is 5.10 Å². The maximum atomic E-state index is 11.8. The topological polar surface area (TPSA) is 71.0 Å². The molecule has 1 aromatic rings.